The number of H-pyrrole nitrogens is 1. The van der Waals surface area contributed by atoms with Crippen LogP contribution >= 0.6 is 10.7 Å². The normalized spacial score (nSPS) is 15.9. The molecule has 2 rings (SSSR count). The van der Waals surface area contributed by atoms with Gasteiger partial charge in [-0.05, 0) is 25.8 Å². The number of carbonyl (C=O) groups excluding carboxylic acids is 1. The number of hydrogen-bond donors (Lipinski definition) is 1. The lowest BCUT2D eigenvalue weighted by Gasteiger charge is -2.19. The third-order valence-corrected chi connectivity index (χ3v) is 4.09. The molecule has 0 spiro atoms. The standard InChI is InChI=1S/C10H13ClN2O3S/c1-2-13(7-3-4-7)10(14)9-5-8(6-12-9)17(11,15)16/h5-7,12H,2-4H2,1H3. The molecule has 1 amide bonds. The van der Waals surface area contributed by atoms with E-state index in [2.05, 4.69) is 4.98 Å². The van der Waals surface area contributed by atoms with E-state index in [-0.39, 0.29) is 16.5 Å². The molecule has 1 N–H and O–H groups in total. The molecule has 1 aromatic rings. The maximum atomic E-state index is 12.1. The Morgan fingerprint density at radius 2 is 2.24 bits per heavy atom. The van der Waals surface area contributed by atoms with Gasteiger partial charge >= 0.3 is 0 Å². The fraction of sp³-hybridized carbons (Fsp3) is 0.500. The molecule has 0 saturated heterocycles. The summed E-state index contributed by atoms with van der Waals surface area (Å²) in [5.74, 6) is -0.179. The van der Waals surface area contributed by atoms with Crippen molar-refractivity contribution in [2.75, 3.05) is 6.54 Å². The van der Waals surface area contributed by atoms with Gasteiger partial charge in [-0.1, -0.05) is 0 Å². The van der Waals surface area contributed by atoms with Crippen molar-refractivity contribution in [1.82, 2.24) is 9.88 Å². The highest BCUT2D eigenvalue weighted by atomic mass is 35.7. The van der Waals surface area contributed by atoms with Crippen LogP contribution < -0.4 is 0 Å². The lowest BCUT2D eigenvalue weighted by molar-refractivity contribution is 0.0747. The monoisotopic (exact) mass is 276 g/mol. The van der Waals surface area contributed by atoms with E-state index < -0.39 is 9.05 Å². The van der Waals surface area contributed by atoms with E-state index in [0.717, 1.165) is 12.8 Å². The van der Waals surface area contributed by atoms with Crippen molar-refractivity contribution in [1.29, 1.82) is 0 Å². The van der Waals surface area contributed by atoms with Crippen molar-refractivity contribution in [2.24, 2.45) is 0 Å². The predicted molar refractivity (Wildman–Crippen MR) is 63.6 cm³/mol. The highest BCUT2D eigenvalue weighted by molar-refractivity contribution is 8.13. The molecule has 1 heterocycles. The number of hydrogen-bond acceptors (Lipinski definition) is 3. The van der Waals surface area contributed by atoms with Crippen molar-refractivity contribution >= 4 is 25.6 Å². The molecule has 0 unspecified atom stereocenters. The molecule has 1 saturated carbocycles. The Hall–Kier alpha value is -1.01. The highest BCUT2D eigenvalue weighted by Gasteiger charge is 2.32. The number of aromatic amines is 1. The van der Waals surface area contributed by atoms with Gasteiger partial charge in [0.15, 0.2) is 0 Å². The Balaban J connectivity index is 2.22. The van der Waals surface area contributed by atoms with E-state index >= 15 is 0 Å². The molecule has 1 aliphatic carbocycles. The van der Waals surface area contributed by atoms with Crippen LogP contribution in [0.15, 0.2) is 17.2 Å². The van der Waals surface area contributed by atoms with Crippen LogP contribution in [0, 0.1) is 0 Å². The summed E-state index contributed by atoms with van der Waals surface area (Å²) in [6.07, 6.45) is 3.26. The molecule has 0 aromatic carbocycles. The van der Waals surface area contributed by atoms with E-state index in [4.69, 9.17) is 10.7 Å². The maximum Gasteiger partial charge on any atom is 0.270 e. The first-order valence-corrected chi connectivity index (χ1v) is 7.68. The second-order valence-corrected chi connectivity index (χ2v) is 6.58. The van der Waals surface area contributed by atoms with Gasteiger partial charge in [-0.3, -0.25) is 4.79 Å². The van der Waals surface area contributed by atoms with Crippen LogP contribution in [0.2, 0.25) is 0 Å². The Kier molecular flexibility index (Phi) is 3.18. The first-order chi connectivity index (χ1) is 7.93. The molecule has 94 valence electrons. The summed E-state index contributed by atoms with van der Waals surface area (Å²) >= 11 is 0. The Morgan fingerprint density at radius 1 is 1.59 bits per heavy atom. The van der Waals surface area contributed by atoms with Crippen LogP contribution in [0.3, 0.4) is 0 Å². The maximum absolute atomic E-state index is 12.1. The summed E-state index contributed by atoms with van der Waals surface area (Å²) in [5.41, 5.74) is 0.262. The third kappa shape index (κ3) is 2.63. The second-order valence-electron chi connectivity index (χ2n) is 4.01. The lowest BCUT2D eigenvalue weighted by Crippen LogP contribution is -2.33. The van der Waals surface area contributed by atoms with E-state index in [1.54, 1.807) is 4.90 Å². The zero-order chi connectivity index (χ0) is 12.6. The van der Waals surface area contributed by atoms with Gasteiger partial charge in [-0.15, -0.1) is 0 Å². The smallest absolute Gasteiger partial charge is 0.270 e. The van der Waals surface area contributed by atoms with Crippen molar-refractivity contribution < 1.29 is 13.2 Å². The van der Waals surface area contributed by atoms with Gasteiger partial charge in [0, 0.05) is 29.5 Å². The zero-order valence-electron chi connectivity index (χ0n) is 9.31. The number of nitrogens with one attached hydrogen (secondary N) is 1. The number of rotatable bonds is 4. The van der Waals surface area contributed by atoms with Gasteiger partial charge in [-0.2, -0.15) is 0 Å². The van der Waals surface area contributed by atoms with Crippen molar-refractivity contribution in [3.63, 3.8) is 0 Å². The average molecular weight is 277 g/mol. The van der Waals surface area contributed by atoms with Crippen molar-refractivity contribution in [3.8, 4) is 0 Å². The second kappa shape index (κ2) is 4.34. The summed E-state index contributed by atoms with van der Waals surface area (Å²) < 4.78 is 22.1. The summed E-state index contributed by atoms with van der Waals surface area (Å²) in [5, 5.41) is 0. The molecule has 0 aliphatic heterocycles. The van der Waals surface area contributed by atoms with Crippen LogP contribution in [-0.4, -0.2) is 36.8 Å². The van der Waals surface area contributed by atoms with Gasteiger partial charge in [0.25, 0.3) is 15.0 Å². The van der Waals surface area contributed by atoms with Crippen LogP contribution in [0.1, 0.15) is 30.3 Å². The first kappa shape index (κ1) is 12.4. The minimum Gasteiger partial charge on any atom is -0.356 e. The number of nitrogens with zero attached hydrogens (tertiary/aromatic N) is 1. The first-order valence-electron chi connectivity index (χ1n) is 5.37. The molecule has 0 atom stereocenters. The van der Waals surface area contributed by atoms with Gasteiger partial charge in [0.1, 0.15) is 10.6 Å². The molecule has 0 radical (unpaired) electrons. The zero-order valence-corrected chi connectivity index (χ0v) is 10.9. The number of halogens is 1. The van der Waals surface area contributed by atoms with Gasteiger partial charge < -0.3 is 9.88 Å². The largest absolute Gasteiger partial charge is 0.356 e. The third-order valence-electron chi connectivity index (χ3n) is 2.76. The summed E-state index contributed by atoms with van der Waals surface area (Å²) in [6.45, 7) is 2.52. The van der Waals surface area contributed by atoms with E-state index in [1.807, 2.05) is 6.92 Å². The Bertz CT molecular complexity index is 534. The Morgan fingerprint density at radius 3 is 2.65 bits per heavy atom. The SMILES string of the molecule is CCN(C(=O)c1cc(S(=O)(=O)Cl)c[nH]1)C1CC1. The number of aromatic nitrogens is 1. The minimum atomic E-state index is -3.78. The molecule has 1 aliphatic rings. The van der Waals surface area contributed by atoms with Gasteiger partial charge in [0.2, 0.25) is 0 Å². The molecule has 17 heavy (non-hydrogen) atoms. The molecule has 5 nitrogen and oxygen atoms in total. The number of amides is 1. The van der Waals surface area contributed by atoms with E-state index in [1.165, 1.54) is 12.3 Å². The molecule has 1 aromatic heterocycles. The van der Waals surface area contributed by atoms with Crippen molar-refractivity contribution in [3.05, 3.63) is 18.0 Å². The molecular weight excluding hydrogens is 264 g/mol. The van der Waals surface area contributed by atoms with E-state index in [0.29, 0.717) is 12.6 Å². The van der Waals surface area contributed by atoms with Gasteiger partial charge in [0.05, 0.1) is 0 Å². The molecule has 7 heteroatoms. The predicted octanol–water partition coefficient (Wildman–Crippen LogP) is 1.57. The fourth-order valence-corrected chi connectivity index (χ4v) is 2.47. The van der Waals surface area contributed by atoms with Gasteiger partial charge in [-0.25, -0.2) is 8.42 Å². The topological polar surface area (TPSA) is 70.2 Å². The molecule has 1 fully saturated rings. The quantitative estimate of drug-likeness (QED) is 0.849. The average Bonchev–Trinajstić information content (AvgIpc) is 2.94. The van der Waals surface area contributed by atoms with Crippen LogP contribution in [0.25, 0.3) is 0 Å². The summed E-state index contributed by atoms with van der Waals surface area (Å²) in [6, 6.07) is 1.57. The van der Waals surface area contributed by atoms with E-state index in [9.17, 15) is 13.2 Å². The van der Waals surface area contributed by atoms with Crippen LogP contribution in [-0.2, 0) is 9.05 Å². The highest BCUT2D eigenvalue weighted by Crippen LogP contribution is 2.28. The lowest BCUT2D eigenvalue weighted by atomic mass is 10.3. The summed E-state index contributed by atoms with van der Waals surface area (Å²) in [7, 11) is 1.41. The molecule has 0 bridgehead atoms. The fourth-order valence-electron chi connectivity index (χ4n) is 1.75. The van der Waals surface area contributed by atoms with Crippen LogP contribution in [0.4, 0.5) is 0 Å². The Labute approximate surface area is 104 Å². The van der Waals surface area contributed by atoms with Crippen molar-refractivity contribution in [2.45, 2.75) is 30.7 Å². The minimum absolute atomic E-state index is 0.0747. The summed E-state index contributed by atoms with van der Waals surface area (Å²) in [4.78, 5) is 16.4. The van der Waals surface area contributed by atoms with Crippen LogP contribution in [0.5, 0.6) is 0 Å². The number of carbonyl (C=O) groups is 1. The molecular formula is C10H13ClN2O3S.